The molecule has 94 valence electrons. The average Bonchev–Trinajstić information content (AvgIpc) is 2.76. The molecule has 0 fully saturated rings. The zero-order valence-electron chi connectivity index (χ0n) is 9.74. The summed E-state index contributed by atoms with van der Waals surface area (Å²) in [6, 6.07) is 7.46. The molecule has 0 amide bonds. The van der Waals surface area contributed by atoms with Gasteiger partial charge in [0, 0.05) is 16.8 Å². The van der Waals surface area contributed by atoms with Crippen LogP contribution >= 0.6 is 22.9 Å². The first kappa shape index (κ1) is 12.9. The second kappa shape index (κ2) is 5.42. The summed E-state index contributed by atoms with van der Waals surface area (Å²) in [6.07, 6.45) is 0. The number of anilines is 1. The Morgan fingerprint density at radius 1 is 1.44 bits per heavy atom. The van der Waals surface area contributed by atoms with Gasteiger partial charge in [-0.1, -0.05) is 17.7 Å². The van der Waals surface area contributed by atoms with Crippen LogP contribution in [-0.4, -0.2) is 11.1 Å². The zero-order chi connectivity index (χ0) is 13.1. The minimum absolute atomic E-state index is 0.326. The van der Waals surface area contributed by atoms with Crippen LogP contribution in [0.4, 0.5) is 5.69 Å². The molecule has 2 rings (SSSR count). The van der Waals surface area contributed by atoms with Crippen LogP contribution in [0.1, 0.15) is 20.8 Å². The predicted molar refractivity (Wildman–Crippen MR) is 74.8 cm³/mol. The molecule has 0 aliphatic heterocycles. The van der Waals surface area contributed by atoms with E-state index in [0.29, 0.717) is 17.1 Å². The number of halogens is 1. The number of aromatic carboxylic acids is 1. The van der Waals surface area contributed by atoms with E-state index < -0.39 is 5.97 Å². The number of carbonyl (C=O) groups is 1. The summed E-state index contributed by atoms with van der Waals surface area (Å²) in [4.78, 5) is 11.7. The largest absolute Gasteiger partial charge is 0.478 e. The van der Waals surface area contributed by atoms with E-state index in [1.54, 1.807) is 11.4 Å². The summed E-state index contributed by atoms with van der Waals surface area (Å²) < 4.78 is 0. The number of carboxylic acids is 1. The maximum atomic E-state index is 10.7. The van der Waals surface area contributed by atoms with E-state index in [1.165, 1.54) is 11.3 Å². The second-order valence-electron chi connectivity index (χ2n) is 3.94. The molecule has 0 spiro atoms. The summed E-state index contributed by atoms with van der Waals surface area (Å²) in [6.45, 7) is 2.55. The van der Waals surface area contributed by atoms with E-state index in [9.17, 15) is 4.79 Å². The molecule has 3 nitrogen and oxygen atoms in total. The van der Waals surface area contributed by atoms with E-state index >= 15 is 0 Å². The molecule has 0 saturated heterocycles. The number of thiophene rings is 1. The van der Waals surface area contributed by atoms with Crippen molar-refractivity contribution >= 4 is 34.6 Å². The number of hydrogen-bond donors (Lipinski definition) is 2. The lowest BCUT2D eigenvalue weighted by atomic mass is 10.2. The molecule has 1 aromatic heterocycles. The number of carboxylic acid groups (broad SMARTS) is 1. The molecular weight excluding hydrogens is 270 g/mol. The summed E-state index contributed by atoms with van der Waals surface area (Å²) in [5, 5.41) is 14.3. The Kier molecular flexibility index (Phi) is 3.89. The molecule has 0 saturated carbocycles. The fourth-order valence-corrected chi connectivity index (χ4v) is 2.63. The molecule has 0 aliphatic carbocycles. The minimum atomic E-state index is -0.897. The zero-order valence-corrected chi connectivity index (χ0v) is 11.3. The lowest BCUT2D eigenvalue weighted by molar-refractivity contribution is 0.0697. The first-order chi connectivity index (χ1) is 8.56. The van der Waals surface area contributed by atoms with Crippen LogP contribution in [0.15, 0.2) is 29.6 Å². The Morgan fingerprint density at radius 2 is 2.22 bits per heavy atom. The highest BCUT2D eigenvalue weighted by molar-refractivity contribution is 7.10. The highest BCUT2D eigenvalue weighted by atomic mass is 35.5. The lowest BCUT2D eigenvalue weighted by Crippen LogP contribution is -1.98. The molecule has 1 heterocycles. The van der Waals surface area contributed by atoms with Gasteiger partial charge in [0.05, 0.1) is 16.3 Å². The second-order valence-corrected chi connectivity index (χ2v) is 5.35. The molecular formula is C13H12ClNO2S. The maximum Gasteiger partial charge on any atom is 0.336 e. The summed E-state index contributed by atoms with van der Waals surface area (Å²) in [5.41, 5.74) is 2.29. The fourth-order valence-electron chi connectivity index (χ4n) is 1.53. The van der Waals surface area contributed by atoms with Crippen molar-refractivity contribution in [3.05, 3.63) is 50.7 Å². The third-order valence-corrected chi connectivity index (χ3v) is 3.73. The van der Waals surface area contributed by atoms with E-state index in [-0.39, 0.29) is 0 Å². The van der Waals surface area contributed by atoms with Crippen LogP contribution in [0.25, 0.3) is 0 Å². The number of benzene rings is 1. The van der Waals surface area contributed by atoms with Crippen LogP contribution in [-0.2, 0) is 6.54 Å². The highest BCUT2D eigenvalue weighted by Gasteiger charge is 2.07. The minimum Gasteiger partial charge on any atom is -0.478 e. The third-order valence-electron chi connectivity index (χ3n) is 2.48. The van der Waals surface area contributed by atoms with Crippen LogP contribution < -0.4 is 5.32 Å². The first-order valence-corrected chi connectivity index (χ1v) is 6.63. The van der Waals surface area contributed by atoms with Crippen LogP contribution in [0.2, 0.25) is 5.02 Å². The monoisotopic (exact) mass is 281 g/mol. The molecule has 2 N–H and O–H groups in total. The Morgan fingerprint density at radius 3 is 2.83 bits per heavy atom. The normalized spacial score (nSPS) is 10.3. The quantitative estimate of drug-likeness (QED) is 0.890. The van der Waals surface area contributed by atoms with Gasteiger partial charge in [-0.25, -0.2) is 4.79 Å². The summed E-state index contributed by atoms with van der Waals surface area (Å²) in [7, 11) is 0. The van der Waals surface area contributed by atoms with Crippen LogP contribution in [0, 0.1) is 6.92 Å². The van der Waals surface area contributed by atoms with E-state index in [1.807, 2.05) is 25.1 Å². The standard InChI is InChI=1S/C13H12ClNO2S/c1-8-2-3-12(11(14)4-8)15-6-10-5-9(7-18-10)13(16)17/h2-5,7,15H,6H2,1H3,(H,16,17). The van der Waals surface area contributed by atoms with E-state index in [0.717, 1.165) is 16.1 Å². The van der Waals surface area contributed by atoms with Crippen molar-refractivity contribution in [2.75, 3.05) is 5.32 Å². The van der Waals surface area contributed by atoms with Gasteiger partial charge in [0.25, 0.3) is 0 Å². The molecule has 0 atom stereocenters. The maximum absolute atomic E-state index is 10.7. The topological polar surface area (TPSA) is 49.3 Å². The van der Waals surface area contributed by atoms with Gasteiger partial charge in [0.15, 0.2) is 0 Å². The molecule has 5 heteroatoms. The van der Waals surface area contributed by atoms with Crippen molar-refractivity contribution in [2.45, 2.75) is 13.5 Å². The van der Waals surface area contributed by atoms with Gasteiger partial charge in [0.2, 0.25) is 0 Å². The molecule has 0 aliphatic rings. The first-order valence-electron chi connectivity index (χ1n) is 5.37. The molecule has 0 bridgehead atoms. The van der Waals surface area contributed by atoms with Crippen molar-refractivity contribution in [1.29, 1.82) is 0 Å². The lowest BCUT2D eigenvalue weighted by Gasteiger charge is -2.07. The van der Waals surface area contributed by atoms with Gasteiger partial charge in [-0.2, -0.15) is 0 Å². The Labute approximate surface area is 114 Å². The highest BCUT2D eigenvalue weighted by Crippen LogP contribution is 2.24. The predicted octanol–water partition coefficient (Wildman–Crippen LogP) is 4.02. The molecule has 0 radical (unpaired) electrons. The SMILES string of the molecule is Cc1ccc(NCc2cc(C(=O)O)cs2)c(Cl)c1. The summed E-state index contributed by atoms with van der Waals surface area (Å²) in [5.74, 6) is -0.897. The van der Waals surface area contributed by atoms with Gasteiger partial charge < -0.3 is 10.4 Å². The fraction of sp³-hybridized carbons (Fsp3) is 0.154. The number of hydrogen-bond acceptors (Lipinski definition) is 3. The van der Waals surface area contributed by atoms with Gasteiger partial charge in [-0.05, 0) is 30.7 Å². The van der Waals surface area contributed by atoms with E-state index in [4.69, 9.17) is 16.7 Å². The number of nitrogens with one attached hydrogen (secondary N) is 1. The Balaban J connectivity index is 2.04. The molecule has 0 unspecified atom stereocenters. The molecule has 18 heavy (non-hydrogen) atoms. The van der Waals surface area contributed by atoms with Crippen molar-refractivity contribution in [2.24, 2.45) is 0 Å². The van der Waals surface area contributed by atoms with Crippen molar-refractivity contribution in [3.63, 3.8) is 0 Å². The van der Waals surface area contributed by atoms with Gasteiger partial charge in [-0.3, -0.25) is 0 Å². The summed E-state index contributed by atoms with van der Waals surface area (Å²) >= 11 is 7.52. The van der Waals surface area contributed by atoms with Gasteiger partial charge in [-0.15, -0.1) is 11.3 Å². The van der Waals surface area contributed by atoms with Crippen LogP contribution in [0.5, 0.6) is 0 Å². The molecule has 1 aromatic carbocycles. The smallest absolute Gasteiger partial charge is 0.336 e. The molecule has 2 aromatic rings. The van der Waals surface area contributed by atoms with Gasteiger partial charge >= 0.3 is 5.97 Å². The van der Waals surface area contributed by atoms with Crippen molar-refractivity contribution in [1.82, 2.24) is 0 Å². The van der Waals surface area contributed by atoms with E-state index in [2.05, 4.69) is 5.32 Å². The average molecular weight is 282 g/mol. The van der Waals surface area contributed by atoms with Crippen LogP contribution in [0.3, 0.4) is 0 Å². The van der Waals surface area contributed by atoms with Gasteiger partial charge in [0.1, 0.15) is 0 Å². The van der Waals surface area contributed by atoms with Crippen molar-refractivity contribution in [3.8, 4) is 0 Å². The Hall–Kier alpha value is -1.52. The van der Waals surface area contributed by atoms with Crippen molar-refractivity contribution < 1.29 is 9.90 Å². The number of rotatable bonds is 4. The Bertz CT molecular complexity index is 580. The number of aryl methyl sites for hydroxylation is 1. The third kappa shape index (κ3) is 3.03.